The Labute approximate surface area is 185 Å². The maximum Gasteiger partial charge on any atom is 0.407 e. The molecular weight excluding hydrogens is 414 g/mol. The molecule has 1 saturated carbocycles. The zero-order valence-corrected chi connectivity index (χ0v) is 18.1. The number of hydrogen-bond donors (Lipinski definition) is 4. The zero-order chi connectivity index (χ0) is 23.3. The molecule has 1 aliphatic rings. The van der Waals surface area contributed by atoms with Gasteiger partial charge in [0.1, 0.15) is 6.54 Å². The van der Waals surface area contributed by atoms with E-state index in [0.29, 0.717) is 42.5 Å². The van der Waals surface area contributed by atoms with Crippen molar-refractivity contribution in [2.75, 3.05) is 25.5 Å². The summed E-state index contributed by atoms with van der Waals surface area (Å²) in [7, 11) is 1.32. The average molecular weight is 441 g/mol. The number of rotatable bonds is 10. The molecule has 3 rings (SSSR count). The van der Waals surface area contributed by atoms with Crippen molar-refractivity contribution in [1.82, 2.24) is 25.2 Å². The highest BCUT2D eigenvalue weighted by atomic mass is 16.4. The molecule has 2 aromatic rings. The molecule has 2 aromatic heterocycles. The van der Waals surface area contributed by atoms with Gasteiger partial charge in [-0.25, -0.2) is 14.8 Å². The number of pyridine rings is 1. The minimum absolute atomic E-state index is 0.0967. The molecule has 11 heteroatoms. The summed E-state index contributed by atoms with van der Waals surface area (Å²) >= 11 is 0. The van der Waals surface area contributed by atoms with Gasteiger partial charge in [-0.15, -0.1) is 0 Å². The molecule has 0 saturated heterocycles. The molecule has 0 bridgehead atoms. The van der Waals surface area contributed by atoms with Crippen molar-refractivity contribution >= 4 is 29.4 Å². The standard InChI is InChI=1S/C21H27N7O4/c1-3-15-17(12-4-5-12)27-20(18(26-15)19(22)30)25-14-7-8-23-13(10-14)6-9-24-16(29)11-28(2)21(31)32/h7-8,10,12H,3-6,9,11H2,1-2H3,(H2,22,30)(H,24,29)(H,31,32)(H,23,25,27). The Morgan fingerprint density at radius 2 is 2.03 bits per heavy atom. The molecule has 32 heavy (non-hydrogen) atoms. The van der Waals surface area contributed by atoms with Crippen molar-refractivity contribution in [2.45, 2.75) is 38.5 Å². The van der Waals surface area contributed by atoms with Crippen LogP contribution in [0.4, 0.5) is 16.3 Å². The molecule has 0 radical (unpaired) electrons. The Balaban J connectivity index is 1.68. The van der Waals surface area contributed by atoms with Gasteiger partial charge >= 0.3 is 6.09 Å². The van der Waals surface area contributed by atoms with Crippen LogP contribution < -0.4 is 16.4 Å². The highest BCUT2D eigenvalue weighted by molar-refractivity contribution is 5.96. The molecule has 1 aliphatic carbocycles. The second-order valence-electron chi connectivity index (χ2n) is 7.64. The van der Waals surface area contributed by atoms with Gasteiger partial charge in [-0.1, -0.05) is 6.92 Å². The number of nitrogens with one attached hydrogen (secondary N) is 2. The predicted molar refractivity (Wildman–Crippen MR) is 117 cm³/mol. The van der Waals surface area contributed by atoms with E-state index in [1.54, 1.807) is 18.3 Å². The third-order valence-corrected chi connectivity index (χ3v) is 5.02. The summed E-state index contributed by atoms with van der Waals surface area (Å²) in [5.41, 5.74) is 8.70. The first kappa shape index (κ1) is 22.9. The summed E-state index contributed by atoms with van der Waals surface area (Å²) in [6, 6.07) is 3.52. The van der Waals surface area contributed by atoms with E-state index < -0.39 is 17.9 Å². The summed E-state index contributed by atoms with van der Waals surface area (Å²) in [5, 5.41) is 14.6. The van der Waals surface area contributed by atoms with Crippen molar-refractivity contribution in [1.29, 1.82) is 0 Å². The van der Waals surface area contributed by atoms with Gasteiger partial charge in [-0.3, -0.25) is 14.6 Å². The van der Waals surface area contributed by atoms with Crippen LogP contribution in [0.25, 0.3) is 0 Å². The van der Waals surface area contributed by atoms with E-state index in [1.807, 2.05) is 6.92 Å². The van der Waals surface area contributed by atoms with E-state index in [4.69, 9.17) is 10.8 Å². The molecule has 0 spiro atoms. The number of carbonyl (C=O) groups is 3. The Morgan fingerprint density at radius 1 is 1.28 bits per heavy atom. The molecule has 0 aromatic carbocycles. The van der Waals surface area contributed by atoms with Crippen LogP contribution in [0.5, 0.6) is 0 Å². The first-order valence-electron chi connectivity index (χ1n) is 10.4. The highest BCUT2D eigenvalue weighted by Gasteiger charge is 2.30. The average Bonchev–Trinajstić information content (AvgIpc) is 3.58. The Morgan fingerprint density at radius 3 is 2.66 bits per heavy atom. The minimum Gasteiger partial charge on any atom is -0.465 e. The topological polar surface area (TPSA) is 163 Å². The van der Waals surface area contributed by atoms with E-state index in [2.05, 4.69) is 25.6 Å². The van der Waals surface area contributed by atoms with Crippen LogP contribution in [-0.4, -0.2) is 63.0 Å². The van der Waals surface area contributed by atoms with Crippen LogP contribution in [0.15, 0.2) is 18.3 Å². The molecule has 1 fully saturated rings. The number of nitrogens with zero attached hydrogens (tertiary/aromatic N) is 4. The van der Waals surface area contributed by atoms with E-state index in [0.717, 1.165) is 29.1 Å². The van der Waals surface area contributed by atoms with Crippen LogP contribution >= 0.6 is 0 Å². The number of carboxylic acid groups (broad SMARTS) is 1. The second kappa shape index (κ2) is 10.0. The number of aryl methyl sites for hydroxylation is 1. The smallest absolute Gasteiger partial charge is 0.407 e. The van der Waals surface area contributed by atoms with Crippen LogP contribution in [0, 0.1) is 0 Å². The third kappa shape index (κ3) is 5.90. The fourth-order valence-electron chi connectivity index (χ4n) is 3.18. The minimum atomic E-state index is -1.17. The summed E-state index contributed by atoms with van der Waals surface area (Å²) in [4.78, 5) is 48.8. The molecule has 0 unspecified atom stereocenters. The zero-order valence-electron chi connectivity index (χ0n) is 18.1. The number of hydrogen-bond acceptors (Lipinski definition) is 7. The lowest BCUT2D eigenvalue weighted by molar-refractivity contribution is -0.121. The van der Waals surface area contributed by atoms with Gasteiger partial charge in [0.15, 0.2) is 11.5 Å². The second-order valence-corrected chi connectivity index (χ2v) is 7.64. The summed E-state index contributed by atoms with van der Waals surface area (Å²) in [6.45, 7) is 2.03. The molecule has 3 amide bonds. The molecular formula is C21H27N7O4. The number of aromatic nitrogens is 3. The predicted octanol–water partition coefficient (Wildman–Crippen LogP) is 1.42. The quantitative estimate of drug-likeness (QED) is 0.430. The van der Waals surface area contributed by atoms with E-state index >= 15 is 0 Å². The normalized spacial score (nSPS) is 12.8. The first-order valence-corrected chi connectivity index (χ1v) is 10.4. The Kier molecular flexibility index (Phi) is 7.18. The number of amides is 3. The van der Waals surface area contributed by atoms with Crippen LogP contribution in [-0.2, 0) is 17.6 Å². The van der Waals surface area contributed by atoms with Gasteiger partial charge in [-0.05, 0) is 31.4 Å². The lowest BCUT2D eigenvalue weighted by atomic mass is 10.1. The lowest BCUT2D eigenvalue weighted by Gasteiger charge is -2.14. The Hall–Kier alpha value is -3.76. The van der Waals surface area contributed by atoms with Crippen molar-refractivity contribution < 1.29 is 19.5 Å². The first-order chi connectivity index (χ1) is 15.3. The molecule has 0 aliphatic heterocycles. The molecule has 2 heterocycles. The van der Waals surface area contributed by atoms with Gasteiger partial charge in [-0.2, -0.15) is 0 Å². The van der Waals surface area contributed by atoms with Crippen molar-refractivity contribution in [3.05, 3.63) is 41.1 Å². The molecule has 5 N–H and O–H groups in total. The van der Waals surface area contributed by atoms with Crippen LogP contribution in [0.1, 0.15) is 53.3 Å². The summed E-state index contributed by atoms with van der Waals surface area (Å²) in [6.07, 6.45) is 3.67. The Bertz CT molecular complexity index is 1020. The van der Waals surface area contributed by atoms with Crippen LogP contribution in [0.2, 0.25) is 0 Å². The number of primary amides is 1. The van der Waals surface area contributed by atoms with Crippen LogP contribution in [0.3, 0.4) is 0 Å². The van der Waals surface area contributed by atoms with E-state index in [9.17, 15) is 14.4 Å². The van der Waals surface area contributed by atoms with Gasteiger partial charge in [0, 0.05) is 43.5 Å². The third-order valence-electron chi connectivity index (χ3n) is 5.02. The van der Waals surface area contributed by atoms with Gasteiger partial charge in [0.05, 0.1) is 11.4 Å². The number of likely N-dealkylation sites (N-methyl/N-ethyl adjacent to an activating group) is 1. The molecule has 0 atom stereocenters. The number of carbonyl (C=O) groups excluding carboxylic acids is 2. The lowest BCUT2D eigenvalue weighted by Crippen LogP contribution is -2.38. The van der Waals surface area contributed by atoms with Gasteiger partial charge in [0.25, 0.3) is 5.91 Å². The van der Waals surface area contributed by atoms with Crippen molar-refractivity contribution in [3.63, 3.8) is 0 Å². The maximum absolute atomic E-state index is 12.0. The molecule has 11 nitrogen and oxygen atoms in total. The maximum atomic E-state index is 12.0. The monoisotopic (exact) mass is 441 g/mol. The fraction of sp³-hybridized carbons (Fsp3) is 0.429. The highest BCUT2D eigenvalue weighted by Crippen LogP contribution is 2.41. The SMILES string of the molecule is CCc1nc(C(N)=O)c(Nc2ccnc(CCNC(=O)CN(C)C(=O)O)c2)nc1C1CC1. The fourth-order valence-corrected chi connectivity index (χ4v) is 3.18. The van der Waals surface area contributed by atoms with Gasteiger partial charge < -0.3 is 26.4 Å². The summed E-state index contributed by atoms with van der Waals surface area (Å²) in [5.74, 6) is -0.356. The van der Waals surface area contributed by atoms with Crippen molar-refractivity contribution in [3.8, 4) is 0 Å². The van der Waals surface area contributed by atoms with Crippen molar-refractivity contribution in [2.24, 2.45) is 5.73 Å². The summed E-state index contributed by atoms with van der Waals surface area (Å²) < 4.78 is 0. The van der Waals surface area contributed by atoms with Gasteiger partial charge in [0.2, 0.25) is 5.91 Å². The number of nitrogens with two attached hydrogens (primary N) is 1. The van der Waals surface area contributed by atoms with E-state index in [1.165, 1.54) is 7.05 Å². The van der Waals surface area contributed by atoms with E-state index in [-0.39, 0.29) is 12.2 Å². The largest absolute Gasteiger partial charge is 0.465 e. The molecule has 170 valence electrons. The number of anilines is 2.